The smallest absolute Gasteiger partial charge is 0.00546 e. The summed E-state index contributed by atoms with van der Waals surface area (Å²) in [5.74, 6) is 0. The van der Waals surface area contributed by atoms with Crippen LogP contribution in [0.1, 0.15) is 137 Å². The van der Waals surface area contributed by atoms with Gasteiger partial charge in [-0.05, 0) is 90.7 Å². The van der Waals surface area contributed by atoms with Gasteiger partial charge in [-0.2, -0.15) is 0 Å². The fourth-order valence-corrected chi connectivity index (χ4v) is 5.63. The van der Waals surface area contributed by atoms with Gasteiger partial charge in [-0.1, -0.05) is 80.5 Å². The SMILES string of the molecule is CCC(CC)(CC)c1cc(C(CC)(CC)CC)cc(C(CC)(CC)CC)c1. The van der Waals surface area contributed by atoms with Crippen LogP contribution in [0.15, 0.2) is 18.2 Å². The Bertz CT molecular complexity index is 435. The summed E-state index contributed by atoms with van der Waals surface area (Å²) in [6, 6.07) is 7.84. The fraction of sp³-hybridized carbons (Fsp3) is 0.778. The highest BCUT2D eigenvalue weighted by Crippen LogP contribution is 2.45. The van der Waals surface area contributed by atoms with Crippen molar-refractivity contribution in [1.29, 1.82) is 0 Å². The van der Waals surface area contributed by atoms with Gasteiger partial charge in [-0.15, -0.1) is 0 Å². The maximum Gasteiger partial charge on any atom is -0.00546 e. The van der Waals surface area contributed by atoms with Crippen LogP contribution in [0, 0.1) is 0 Å². The van der Waals surface area contributed by atoms with Gasteiger partial charge in [0.15, 0.2) is 0 Å². The quantitative estimate of drug-likeness (QED) is 0.343. The van der Waals surface area contributed by atoms with E-state index in [1.807, 2.05) is 0 Å². The third kappa shape index (κ3) is 4.30. The van der Waals surface area contributed by atoms with Crippen molar-refractivity contribution >= 4 is 0 Å². The Morgan fingerprint density at radius 1 is 0.370 bits per heavy atom. The molecule has 0 atom stereocenters. The minimum atomic E-state index is 0.326. The third-order valence-electron chi connectivity index (χ3n) is 8.86. The van der Waals surface area contributed by atoms with Crippen molar-refractivity contribution in [2.24, 2.45) is 0 Å². The summed E-state index contributed by atoms with van der Waals surface area (Å²) in [7, 11) is 0. The van der Waals surface area contributed by atoms with Crippen LogP contribution < -0.4 is 0 Å². The standard InChI is InChI=1S/C27H48/c1-10-25(11-2,12-3)22-19-23(26(13-4,14-5)15-6)21-24(20-22)27(16-7,17-8)18-9/h19-21H,10-18H2,1-9H3. The third-order valence-corrected chi connectivity index (χ3v) is 8.86. The predicted molar refractivity (Wildman–Crippen MR) is 124 cm³/mol. The summed E-state index contributed by atoms with van der Waals surface area (Å²) in [6.45, 7) is 21.5. The van der Waals surface area contributed by atoms with Crippen molar-refractivity contribution in [2.75, 3.05) is 0 Å². The molecule has 27 heavy (non-hydrogen) atoms. The molecule has 0 spiro atoms. The molecule has 0 heterocycles. The van der Waals surface area contributed by atoms with Crippen LogP contribution in [0.3, 0.4) is 0 Å². The molecule has 0 aliphatic heterocycles. The van der Waals surface area contributed by atoms with Crippen LogP contribution in [0.4, 0.5) is 0 Å². The van der Waals surface area contributed by atoms with Crippen LogP contribution in [-0.2, 0) is 16.2 Å². The molecule has 0 amide bonds. The van der Waals surface area contributed by atoms with E-state index in [-0.39, 0.29) is 0 Å². The van der Waals surface area contributed by atoms with Crippen molar-refractivity contribution in [3.63, 3.8) is 0 Å². The zero-order valence-electron chi connectivity index (χ0n) is 20.1. The molecule has 0 bridgehead atoms. The highest BCUT2D eigenvalue weighted by molar-refractivity contribution is 5.42. The van der Waals surface area contributed by atoms with Gasteiger partial charge in [0.1, 0.15) is 0 Å². The normalized spacial score (nSPS) is 13.2. The minimum Gasteiger partial charge on any atom is -0.0645 e. The predicted octanol–water partition coefficient (Wildman–Crippen LogP) is 9.09. The molecule has 1 rings (SSSR count). The summed E-state index contributed by atoms with van der Waals surface area (Å²) in [6.07, 6.45) is 11.1. The van der Waals surface area contributed by atoms with E-state index in [2.05, 4.69) is 80.5 Å². The lowest BCUT2D eigenvalue weighted by atomic mass is 9.65. The molecular formula is C27H48. The van der Waals surface area contributed by atoms with Crippen molar-refractivity contribution in [1.82, 2.24) is 0 Å². The summed E-state index contributed by atoms with van der Waals surface area (Å²) in [4.78, 5) is 0. The summed E-state index contributed by atoms with van der Waals surface area (Å²) >= 11 is 0. The van der Waals surface area contributed by atoms with Crippen molar-refractivity contribution in [2.45, 2.75) is 136 Å². The van der Waals surface area contributed by atoms with Crippen molar-refractivity contribution in [3.8, 4) is 0 Å². The summed E-state index contributed by atoms with van der Waals surface area (Å²) < 4.78 is 0. The largest absolute Gasteiger partial charge is 0.0645 e. The van der Waals surface area contributed by atoms with Gasteiger partial charge in [0.2, 0.25) is 0 Å². The Kier molecular flexibility index (Phi) is 9.10. The monoisotopic (exact) mass is 372 g/mol. The van der Waals surface area contributed by atoms with Gasteiger partial charge in [-0.3, -0.25) is 0 Å². The zero-order chi connectivity index (χ0) is 20.7. The minimum absolute atomic E-state index is 0.326. The van der Waals surface area contributed by atoms with E-state index in [1.54, 1.807) is 16.7 Å². The first-order chi connectivity index (χ1) is 12.9. The van der Waals surface area contributed by atoms with E-state index in [4.69, 9.17) is 0 Å². The number of hydrogen-bond donors (Lipinski definition) is 0. The molecule has 0 aliphatic carbocycles. The highest BCUT2D eigenvalue weighted by atomic mass is 14.4. The molecule has 0 radical (unpaired) electrons. The lowest BCUT2D eigenvalue weighted by molar-refractivity contribution is 0.355. The molecule has 0 unspecified atom stereocenters. The Morgan fingerprint density at radius 3 is 0.630 bits per heavy atom. The van der Waals surface area contributed by atoms with Crippen LogP contribution in [0.5, 0.6) is 0 Å². The van der Waals surface area contributed by atoms with Crippen LogP contribution >= 0.6 is 0 Å². The molecule has 0 saturated carbocycles. The molecule has 0 nitrogen and oxygen atoms in total. The number of rotatable bonds is 12. The van der Waals surface area contributed by atoms with Crippen molar-refractivity contribution < 1.29 is 0 Å². The lowest BCUT2D eigenvalue weighted by Gasteiger charge is -2.39. The highest BCUT2D eigenvalue weighted by Gasteiger charge is 2.35. The van der Waals surface area contributed by atoms with Crippen LogP contribution in [-0.4, -0.2) is 0 Å². The molecule has 156 valence electrons. The van der Waals surface area contributed by atoms with E-state index in [0.717, 1.165) is 0 Å². The van der Waals surface area contributed by atoms with E-state index in [9.17, 15) is 0 Å². The van der Waals surface area contributed by atoms with Crippen molar-refractivity contribution in [3.05, 3.63) is 34.9 Å². The second-order valence-corrected chi connectivity index (χ2v) is 8.82. The Labute approximate surface area is 171 Å². The first-order valence-electron chi connectivity index (χ1n) is 12.0. The molecule has 0 heteroatoms. The number of benzene rings is 1. The molecule has 0 aromatic heterocycles. The summed E-state index contributed by atoms with van der Waals surface area (Å²) in [5.41, 5.74) is 5.82. The maximum atomic E-state index is 2.61. The van der Waals surface area contributed by atoms with E-state index >= 15 is 0 Å². The van der Waals surface area contributed by atoms with Gasteiger partial charge < -0.3 is 0 Å². The molecule has 1 aromatic carbocycles. The van der Waals surface area contributed by atoms with E-state index in [0.29, 0.717) is 16.2 Å². The maximum absolute atomic E-state index is 2.61. The van der Waals surface area contributed by atoms with Crippen LogP contribution in [0.2, 0.25) is 0 Å². The van der Waals surface area contributed by atoms with Crippen LogP contribution in [0.25, 0.3) is 0 Å². The fourth-order valence-electron chi connectivity index (χ4n) is 5.63. The van der Waals surface area contributed by atoms with Gasteiger partial charge in [0.25, 0.3) is 0 Å². The summed E-state index contributed by atoms with van der Waals surface area (Å²) in [5, 5.41) is 0. The Morgan fingerprint density at radius 2 is 0.519 bits per heavy atom. The second-order valence-electron chi connectivity index (χ2n) is 8.82. The van der Waals surface area contributed by atoms with Gasteiger partial charge in [0.05, 0.1) is 0 Å². The molecular weight excluding hydrogens is 324 g/mol. The molecule has 0 aliphatic rings. The average molecular weight is 373 g/mol. The lowest BCUT2D eigenvalue weighted by Crippen LogP contribution is -2.30. The molecule has 0 fully saturated rings. The number of hydrogen-bond acceptors (Lipinski definition) is 0. The average Bonchev–Trinajstić information content (AvgIpc) is 2.73. The molecule has 0 saturated heterocycles. The first kappa shape index (κ1) is 24.3. The van der Waals surface area contributed by atoms with Gasteiger partial charge in [0, 0.05) is 0 Å². The molecule has 1 aromatic rings. The first-order valence-corrected chi connectivity index (χ1v) is 12.0. The van der Waals surface area contributed by atoms with E-state index in [1.165, 1.54) is 57.8 Å². The Hall–Kier alpha value is -0.780. The molecule has 0 N–H and O–H groups in total. The Balaban J connectivity index is 3.86. The van der Waals surface area contributed by atoms with Gasteiger partial charge >= 0.3 is 0 Å². The topological polar surface area (TPSA) is 0 Å². The van der Waals surface area contributed by atoms with E-state index < -0.39 is 0 Å². The second kappa shape index (κ2) is 10.1. The van der Waals surface area contributed by atoms with Gasteiger partial charge in [-0.25, -0.2) is 0 Å². The zero-order valence-corrected chi connectivity index (χ0v) is 20.1.